The van der Waals surface area contributed by atoms with Crippen molar-refractivity contribution >= 4 is 11.9 Å². The highest BCUT2D eigenvalue weighted by Crippen LogP contribution is 2.17. The molecule has 0 aromatic rings. The lowest BCUT2D eigenvalue weighted by Crippen LogP contribution is -2.13. The summed E-state index contributed by atoms with van der Waals surface area (Å²) in [5, 5.41) is 0. The quantitative estimate of drug-likeness (QED) is 0.550. The number of carbonyl (C=O) groups is 2. The van der Waals surface area contributed by atoms with Gasteiger partial charge >= 0.3 is 11.9 Å². The molecule has 0 unspecified atom stereocenters. The van der Waals surface area contributed by atoms with Gasteiger partial charge in [0.25, 0.3) is 0 Å². The fourth-order valence-corrected chi connectivity index (χ4v) is 1.82. The molecule has 2 aliphatic rings. The summed E-state index contributed by atoms with van der Waals surface area (Å²) in [5.41, 5.74) is 1.98. The minimum Gasteiger partial charge on any atom is -0.393 e. The van der Waals surface area contributed by atoms with Crippen molar-refractivity contribution in [2.45, 2.75) is 25.7 Å². The molecule has 0 aliphatic heterocycles. The van der Waals surface area contributed by atoms with E-state index in [0.717, 1.165) is 24.0 Å². The number of hydrogen-bond acceptors (Lipinski definition) is 3. The van der Waals surface area contributed by atoms with Gasteiger partial charge in [-0.2, -0.15) is 0 Å². The predicted molar refractivity (Wildman–Crippen MR) is 64.0 cm³/mol. The first-order valence-corrected chi connectivity index (χ1v) is 5.66. The van der Waals surface area contributed by atoms with Crippen molar-refractivity contribution in [3.63, 3.8) is 0 Å². The number of rotatable bonds is 4. The Kier molecular flexibility index (Phi) is 3.70. The van der Waals surface area contributed by atoms with Crippen LogP contribution in [0.2, 0.25) is 0 Å². The van der Waals surface area contributed by atoms with Crippen LogP contribution in [0.15, 0.2) is 47.6 Å². The number of hydrogen-bond donors (Lipinski definition) is 0. The zero-order valence-electron chi connectivity index (χ0n) is 9.52. The lowest BCUT2D eigenvalue weighted by molar-refractivity contribution is -0.158. The lowest BCUT2D eigenvalue weighted by Gasteiger charge is -2.04. The summed E-state index contributed by atoms with van der Waals surface area (Å²) < 4.78 is 4.76. The minimum atomic E-state index is -0.462. The second-order valence-corrected chi connectivity index (χ2v) is 4.11. The van der Waals surface area contributed by atoms with Crippen LogP contribution in [-0.2, 0) is 14.3 Å². The van der Waals surface area contributed by atoms with Crippen molar-refractivity contribution in [1.82, 2.24) is 0 Å². The predicted octanol–water partition coefficient (Wildman–Crippen LogP) is 2.61. The lowest BCUT2D eigenvalue weighted by atomic mass is 10.1. The summed E-state index contributed by atoms with van der Waals surface area (Å²) in [7, 11) is 0. The molecule has 0 amide bonds. The normalized spacial score (nSPS) is 16.9. The Morgan fingerprint density at radius 3 is 1.76 bits per heavy atom. The van der Waals surface area contributed by atoms with Gasteiger partial charge < -0.3 is 4.74 Å². The molecule has 0 bridgehead atoms. The summed E-state index contributed by atoms with van der Waals surface area (Å²) in [6.45, 7) is 0. The van der Waals surface area contributed by atoms with Crippen molar-refractivity contribution < 1.29 is 14.3 Å². The van der Waals surface area contributed by atoms with E-state index in [1.165, 1.54) is 0 Å². The molecule has 0 saturated carbocycles. The molecule has 88 valence electrons. The van der Waals surface area contributed by atoms with Crippen LogP contribution in [0.5, 0.6) is 0 Å². The van der Waals surface area contributed by atoms with E-state index < -0.39 is 11.9 Å². The number of esters is 2. The highest BCUT2D eigenvalue weighted by Gasteiger charge is 2.14. The topological polar surface area (TPSA) is 43.4 Å². The van der Waals surface area contributed by atoms with Gasteiger partial charge in [0.2, 0.25) is 0 Å². The average molecular weight is 230 g/mol. The zero-order chi connectivity index (χ0) is 12.1. The maximum Gasteiger partial charge on any atom is 0.317 e. The third-order valence-electron chi connectivity index (χ3n) is 2.67. The Balaban J connectivity index is 1.72. The molecule has 0 atom stereocenters. The standard InChI is InChI=1S/C14H14O3/c15-13(9-11-5-1-2-6-11)17-14(16)10-12-7-3-4-8-12/h1-5,7H,6,8-10H2. The van der Waals surface area contributed by atoms with Crippen molar-refractivity contribution in [2.75, 3.05) is 0 Å². The van der Waals surface area contributed by atoms with Crippen LogP contribution in [0.1, 0.15) is 25.7 Å². The SMILES string of the molecule is O=C(CC1=CC=CC1)OC(=O)CC1=CC=CC1. The van der Waals surface area contributed by atoms with Crippen LogP contribution in [0.25, 0.3) is 0 Å². The Hall–Kier alpha value is -1.90. The van der Waals surface area contributed by atoms with Crippen LogP contribution in [0.3, 0.4) is 0 Å². The molecule has 17 heavy (non-hydrogen) atoms. The highest BCUT2D eigenvalue weighted by atomic mass is 16.6. The van der Waals surface area contributed by atoms with E-state index in [1.54, 1.807) is 0 Å². The molecular formula is C14H14O3. The Bertz CT molecular complexity index is 408. The first-order valence-electron chi connectivity index (χ1n) is 5.66. The molecule has 2 aliphatic carbocycles. The zero-order valence-corrected chi connectivity index (χ0v) is 9.52. The van der Waals surface area contributed by atoms with Crippen LogP contribution in [0.4, 0.5) is 0 Å². The van der Waals surface area contributed by atoms with Crippen LogP contribution in [0, 0.1) is 0 Å². The van der Waals surface area contributed by atoms with Crippen molar-refractivity contribution in [3.05, 3.63) is 47.6 Å². The van der Waals surface area contributed by atoms with E-state index in [2.05, 4.69) is 0 Å². The molecule has 0 heterocycles. The molecule has 0 aromatic carbocycles. The molecule has 3 heteroatoms. The fraction of sp³-hybridized carbons (Fsp3) is 0.286. The second kappa shape index (κ2) is 5.43. The molecule has 0 fully saturated rings. The molecule has 0 aromatic heterocycles. The Morgan fingerprint density at radius 1 is 0.941 bits per heavy atom. The third-order valence-corrected chi connectivity index (χ3v) is 2.67. The maximum atomic E-state index is 11.4. The van der Waals surface area contributed by atoms with Gasteiger partial charge in [0.1, 0.15) is 0 Å². The van der Waals surface area contributed by atoms with E-state index in [9.17, 15) is 9.59 Å². The third kappa shape index (κ3) is 3.55. The van der Waals surface area contributed by atoms with Crippen LogP contribution < -0.4 is 0 Å². The van der Waals surface area contributed by atoms with Crippen molar-refractivity contribution in [2.24, 2.45) is 0 Å². The van der Waals surface area contributed by atoms with Crippen molar-refractivity contribution in [1.29, 1.82) is 0 Å². The minimum absolute atomic E-state index is 0.204. The summed E-state index contributed by atoms with van der Waals surface area (Å²) in [4.78, 5) is 22.9. The van der Waals surface area contributed by atoms with Gasteiger partial charge in [0.05, 0.1) is 12.8 Å². The largest absolute Gasteiger partial charge is 0.393 e. The van der Waals surface area contributed by atoms with Gasteiger partial charge in [0, 0.05) is 0 Å². The van der Waals surface area contributed by atoms with Crippen LogP contribution >= 0.6 is 0 Å². The highest BCUT2D eigenvalue weighted by molar-refractivity contribution is 5.87. The van der Waals surface area contributed by atoms with Gasteiger partial charge in [-0.3, -0.25) is 9.59 Å². The van der Waals surface area contributed by atoms with E-state index in [-0.39, 0.29) is 12.8 Å². The van der Waals surface area contributed by atoms with E-state index in [4.69, 9.17) is 4.74 Å². The van der Waals surface area contributed by atoms with Gasteiger partial charge in [-0.25, -0.2) is 0 Å². The average Bonchev–Trinajstić information content (AvgIpc) is 2.90. The number of allylic oxidation sites excluding steroid dienone is 6. The fourth-order valence-electron chi connectivity index (χ4n) is 1.82. The summed E-state index contributed by atoms with van der Waals surface area (Å²) in [6, 6.07) is 0. The monoisotopic (exact) mass is 230 g/mol. The Morgan fingerprint density at radius 2 is 1.41 bits per heavy atom. The van der Waals surface area contributed by atoms with Crippen molar-refractivity contribution in [3.8, 4) is 0 Å². The smallest absolute Gasteiger partial charge is 0.317 e. The molecule has 0 spiro atoms. The number of carbonyl (C=O) groups excluding carboxylic acids is 2. The summed E-state index contributed by atoms with van der Waals surface area (Å²) in [6.07, 6.45) is 13.5. The number of ether oxygens (including phenoxy) is 1. The van der Waals surface area contributed by atoms with Gasteiger partial charge in [-0.1, -0.05) is 47.6 Å². The van der Waals surface area contributed by atoms with E-state index in [0.29, 0.717) is 0 Å². The molecule has 0 N–H and O–H groups in total. The molecule has 2 rings (SSSR count). The molecule has 0 saturated heterocycles. The first-order chi connectivity index (χ1) is 8.24. The second-order valence-electron chi connectivity index (χ2n) is 4.11. The molecule has 3 nitrogen and oxygen atoms in total. The summed E-state index contributed by atoms with van der Waals surface area (Å²) >= 11 is 0. The molecule has 0 radical (unpaired) electrons. The van der Waals surface area contributed by atoms with Gasteiger partial charge in [-0.05, 0) is 12.8 Å². The van der Waals surface area contributed by atoms with E-state index in [1.807, 2.05) is 36.5 Å². The summed E-state index contributed by atoms with van der Waals surface area (Å²) in [5.74, 6) is -0.923. The molecular weight excluding hydrogens is 216 g/mol. The van der Waals surface area contributed by atoms with Crippen LogP contribution in [-0.4, -0.2) is 11.9 Å². The van der Waals surface area contributed by atoms with E-state index >= 15 is 0 Å². The maximum absolute atomic E-state index is 11.4. The van der Waals surface area contributed by atoms with Gasteiger partial charge in [0.15, 0.2) is 0 Å². The Labute approximate surface area is 100 Å². The first kappa shape index (κ1) is 11.6. The van der Waals surface area contributed by atoms with Gasteiger partial charge in [-0.15, -0.1) is 0 Å².